The number of halogens is 1. The normalized spacial score (nSPS) is 26.9. The molecular formula is C15H17ClN2O. The summed E-state index contributed by atoms with van der Waals surface area (Å²) in [6.07, 6.45) is 1.30. The van der Waals surface area contributed by atoms with Gasteiger partial charge in [0.15, 0.2) is 0 Å². The van der Waals surface area contributed by atoms with Crippen molar-refractivity contribution in [3.05, 3.63) is 34.9 Å². The van der Waals surface area contributed by atoms with Crippen molar-refractivity contribution in [2.24, 2.45) is 11.3 Å². The molecular weight excluding hydrogens is 260 g/mol. The molecule has 2 rings (SSSR count). The number of hydrogen-bond acceptors (Lipinski definition) is 2. The monoisotopic (exact) mass is 276 g/mol. The average Bonchev–Trinajstić information content (AvgIpc) is 2.34. The molecule has 1 aromatic carbocycles. The van der Waals surface area contributed by atoms with Crippen molar-refractivity contribution in [3.63, 3.8) is 0 Å². The van der Waals surface area contributed by atoms with E-state index in [0.29, 0.717) is 23.8 Å². The minimum atomic E-state index is -0.827. The van der Waals surface area contributed by atoms with Crippen molar-refractivity contribution in [2.45, 2.75) is 32.7 Å². The maximum Gasteiger partial charge on any atom is 0.240 e. The summed E-state index contributed by atoms with van der Waals surface area (Å²) in [4.78, 5) is 12.2. The van der Waals surface area contributed by atoms with Crippen molar-refractivity contribution in [1.29, 1.82) is 5.26 Å². The van der Waals surface area contributed by atoms with E-state index in [1.807, 2.05) is 25.1 Å². The topological polar surface area (TPSA) is 52.9 Å². The molecule has 1 atom stereocenters. The van der Waals surface area contributed by atoms with Crippen molar-refractivity contribution >= 4 is 17.5 Å². The fourth-order valence-corrected chi connectivity index (χ4v) is 2.85. The number of carbonyl (C=O) groups excluding carboxylic acids is 1. The summed E-state index contributed by atoms with van der Waals surface area (Å²) in [6.45, 7) is 3.96. The molecule has 1 aliphatic rings. The number of nitrogens with one attached hydrogen (secondary N) is 1. The van der Waals surface area contributed by atoms with Crippen LogP contribution < -0.4 is 5.32 Å². The molecule has 0 spiro atoms. The molecule has 0 aromatic heterocycles. The lowest BCUT2D eigenvalue weighted by molar-refractivity contribution is -0.134. The summed E-state index contributed by atoms with van der Waals surface area (Å²) in [5, 5.41) is 12.8. The van der Waals surface area contributed by atoms with E-state index in [1.54, 1.807) is 6.07 Å². The van der Waals surface area contributed by atoms with Gasteiger partial charge in [-0.05, 0) is 43.4 Å². The Morgan fingerprint density at radius 3 is 2.79 bits per heavy atom. The van der Waals surface area contributed by atoms with E-state index in [1.165, 1.54) is 0 Å². The van der Waals surface area contributed by atoms with Crippen molar-refractivity contribution < 1.29 is 4.79 Å². The Bertz CT molecular complexity index is 529. The fraction of sp³-hybridized carbons (Fsp3) is 0.467. The van der Waals surface area contributed by atoms with Crippen LogP contribution in [0.4, 0.5) is 0 Å². The van der Waals surface area contributed by atoms with Gasteiger partial charge in [-0.3, -0.25) is 4.79 Å². The number of nitriles is 1. The first kappa shape index (κ1) is 13.9. The van der Waals surface area contributed by atoms with Gasteiger partial charge < -0.3 is 5.32 Å². The van der Waals surface area contributed by atoms with E-state index in [-0.39, 0.29) is 11.9 Å². The van der Waals surface area contributed by atoms with Crippen LogP contribution in [0, 0.1) is 22.7 Å². The predicted molar refractivity (Wildman–Crippen MR) is 74.5 cm³/mol. The number of carbonyl (C=O) groups is 1. The molecule has 1 amide bonds. The van der Waals surface area contributed by atoms with Gasteiger partial charge in [0.25, 0.3) is 0 Å². The summed E-state index contributed by atoms with van der Waals surface area (Å²) in [5.41, 5.74) is 0.119. The van der Waals surface area contributed by atoms with Gasteiger partial charge in [-0.15, -0.1) is 0 Å². The third-order valence-electron chi connectivity index (χ3n) is 3.74. The van der Waals surface area contributed by atoms with Gasteiger partial charge in [0.1, 0.15) is 5.41 Å². The number of amides is 1. The summed E-state index contributed by atoms with van der Waals surface area (Å²) in [5.74, 6) is 0.285. The molecule has 19 heavy (non-hydrogen) atoms. The van der Waals surface area contributed by atoms with Gasteiger partial charge in [0.05, 0.1) is 12.1 Å². The molecule has 1 aromatic rings. The molecule has 1 saturated carbocycles. The Hall–Kier alpha value is -1.53. The number of benzene rings is 1. The molecule has 0 aliphatic heterocycles. The highest BCUT2D eigenvalue weighted by Crippen LogP contribution is 2.45. The van der Waals surface area contributed by atoms with Gasteiger partial charge in [0.2, 0.25) is 5.91 Å². The summed E-state index contributed by atoms with van der Waals surface area (Å²) in [6, 6.07) is 9.42. The molecule has 100 valence electrons. The minimum Gasteiger partial charge on any atom is -0.348 e. The highest BCUT2D eigenvalue weighted by molar-refractivity contribution is 6.30. The Morgan fingerprint density at radius 2 is 2.26 bits per heavy atom. The zero-order valence-electron chi connectivity index (χ0n) is 11.1. The van der Waals surface area contributed by atoms with E-state index in [2.05, 4.69) is 18.3 Å². The fourth-order valence-electron chi connectivity index (χ4n) is 2.65. The van der Waals surface area contributed by atoms with Gasteiger partial charge in [-0.1, -0.05) is 30.7 Å². The maximum absolute atomic E-state index is 12.2. The lowest BCUT2D eigenvalue weighted by Gasteiger charge is -2.39. The molecule has 0 heterocycles. The van der Waals surface area contributed by atoms with Crippen molar-refractivity contribution in [2.75, 3.05) is 0 Å². The maximum atomic E-state index is 12.2. The summed E-state index contributed by atoms with van der Waals surface area (Å²) in [7, 11) is 0. The highest BCUT2D eigenvalue weighted by atomic mass is 35.5. The smallest absolute Gasteiger partial charge is 0.240 e. The zero-order valence-corrected chi connectivity index (χ0v) is 11.9. The van der Waals surface area contributed by atoms with Gasteiger partial charge in [-0.2, -0.15) is 5.26 Å². The lowest BCUT2D eigenvalue weighted by atomic mass is 9.63. The molecule has 3 nitrogen and oxygen atoms in total. The van der Waals surface area contributed by atoms with Crippen LogP contribution in [0.3, 0.4) is 0 Å². The Morgan fingerprint density at radius 1 is 1.58 bits per heavy atom. The Labute approximate surface area is 118 Å². The van der Waals surface area contributed by atoms with Crippen LogP contribution in [0.5, 0.6) is 0 Å². The van der Waals surface area contributed by atoms with Crippen LogP contribution in [0.2, 0.25) is 5.02 Å². The van der Waals surface area contributed by atoms with Crippen LogP contribution in [-0.2, 0) is 4.79 Å². The molecule has 0 bridgehead atoms. The van der Waals surface area contributed by atoms with Crippen LogP contribution in [0.25, 0.3) is 0 Å². The zero-order chi connectivity index (χ0) is 14.0. The highest BCUT2D eigenvalue weighted by Gasteiger charge is 2.49. The molecule has 1 fully saturated rings. The van der Waals surface area contributed by atoms with Crippen LogP contribution in [-0.4, -0.2) is 5.91 Å². The van der Waals surface area contributed by atoms with E-state index in [9.17, 15) is 10.1 Å². The molecule has 1 unspecified atom stereocenters. The Kier molecular flexibility index (Phi) is 3.82. The standard InChI is InChI=1S/C15H17ClN2O/c1-10-7-15(8-10,9-17)14(19)18-11(2)12-4-3-5-13(16)6-12/h3-6,10-11H,7-8H2,1-2H3,(H,18,19). The first-order chi connectivity index (χ1) is 8.97. The lowest BCUT2D eigenvalue weighted by Crippen LogP contribution is -2.48. The first-order valence-electron chi connectivity index (χ1n) is 6.44. The van der Waals surface area contributed by atoms with Crippen LogP contribution in [0.1, 0.15) is 38.3 Å². The SMILES string of the molecule is CC1CC(C#N)(C(=O)NC(C)c2cccc(Cl)c2)C1. The predicted octanol–water partition coefficient (Wildman–Crippen LogP) is 3.46. The molecule has 1 N–H and O–H groups in total. The summed E-state index contributed by atoms with van der Waals surface area (Å²) >= 11 is 5.94. The molecule has 1 aliphatic carbocycles. The van der Waals surface area contributed by atoms with E-state index >= 15 is 0 Å². The number of hydrogen-bond donors (Lipinski definition) is 1. The third-order valence-corrected chi connectivity index (χ3v) is 3.97. The van der Waals surface area contributed by atoms with E-state index in [4.69, 9.17) is 11.6 Å². The van der Waals surface area contributed by atoms with Crippen molar-refractivity contribution in [1.82, 2.24) is 5.32 Å². The Balaban J connectivity index is 2.05. The van der Waals surface area contributed by atoms with Crippen LogP contribution >= 0.6 is 11.6 Å². The largest absolute Gasteiger partial charge is 0.348 e. The second-order valence-electron chi connectivity index (χ2n) is 5.46. The molecule has 4 heteroatoms. The molecule has 0 saturated heterocycles. The van der Waals surface area contributed by atoms with E-state index in [0.717, 1.165) is 5.56 Å². The molecule has 0 radical (unpaired) electrons. The number of nitrogens with zero attached hydrogens (tertiary/aromatic N) is 1. The van der Waals surface area contributed by atoms with Gasteiger partial charge in [0, 0.05) is 5.02 Å². The second kappa shape index (κ2) is 5.22. The van der Waals surface area contributed by atoms with Crippen LogP contribution in [0.15, 0.2) is 24.3 Å². The van der Waals surface area contributed by atoms with Gasteiger partial charge in [-0.25, -0.2) is 0 Å². The minimum absolute atomic E-state index is 0.146. The summed E-state index contributed by atoms with van der Waals surface area (Å²) < 4.78 is 0. The second-order valence-corrected chi connectivity index (χ2v) is 5.89. The number of rotatable bonds is 3. The quantitative estimate of drug-likeness (QED) is 0.919. The van der Waals surface area contributed by atoms with E-state index < -0.39 is 5.41 Å². The van der Waals surface area contributed by atoms with Gasteiger partial charge >= 0.3 is 0 Å². The third kappa shape index (κ3) is 2.74. The van der Waals surface area contributed by atoms with Crippen molar-refractivity contribution in [3.8, 4) is 6.07 Å². The average molecular weight is 277 g/mol. The first-order valence-corrected chi connectivity index (χ1v) is 6.82.